The summed E-state index contributed by atoms with van der Waals surface area (Å²) >= 11 is 8.75. The fraction of sp³-hybridized carbons (Fsp3) is 0.200. The van der Waals surface area contributed by atoms with Gasteiger partial charge in [0.05, 0.1) is 0 Å². The molecule has 0 atom stereocenters. The van der Waals surface area contributed by atoms with Gasteiger partial charge in [-0.1, -0.05) is 27.5 Å². The summed E-state index contributed by atoms with van der Waals surface area (Å²) in [6, 6.07) is 5.74. The molecule has 0 spiro atoms. The Morgan fingerprint density at radius 1 is 1.50 bits per heavy atom. The molecule has 1 aromatic rings. The van der Waals surface area contributed by atoms with Gasteiger partial charge >= 0.3 is 0 Å². The van der Waals surface area contributed by atoms with Gasteiger partial charge in [-0.25, -0.2) is 0 Å². The van der Waals surface area contributed by atoms with Crippen LogP contribution in [-0.2, 0) is 6.54 Å². The van der Waals surface area contributed by atoms with Crippen molar-refractivity contribution < 1.29 is 4.74 Å². The predicted octanol–water partition coefficient (Wildman–Crippen LogP) is 3.04. The van der Waals surface area contributed by atoms with E-state index >= 15 is 0 Å². The van der Waals surface area contributed by atoms with Crippen LogP contribution in [0.3, 0.4) is 0 Å². The Bertz CT molecular complexity index is 328. The normalized spacial score (nSPS) is 10.8. The smallest absolute Gasteiger partial charge is 0.124 e. The SMILES string of the molecule is NCc1cc(Br)ccc1OC/C=C/Cl. The summed E-state index contributed by atoms with van der Waals surface area (Å²) in [5.41, 5.74) is 7.98. The standard InChI is InChI=1S/C10H11BrClNO/c11-9-2-3-10(8(6-9)7-13)14-5-1-4-12/h1-4,6H,5,7,13H2/b4-1+. The molecule has 0 radical (unpaired) electrons. The van der Waals surface area contributed by atoms with Crippen molar-refractivity contribution in [3.8, 4) is 5.75 Å². The Hall–Kier alpha value is -0.510. The van der Waals surface area contributed by atoms with Crippen molar-refractivity contribution in [2.75, 3.05) is 6.61 Å². The van der Waals surface area contributed by atoms with E-state index in [2.05, 4.69) is 15.9 Å². The third-order valence-electron chi connectivity index (χ3n) is 1.67. The molecule has 0 saturated heterocycles. The topological polar surface area (TPSA) is 35.2 Å². The van der Waals surface area contributed by atoms with Gasteiger partial charge in [-0.05, 0) is 24.3 Å². The molecule has 76 valence electrons. The maximum Gasteiger partial charge on any atom is 0.124 e. The zero-order valence-corrected chi connectivity index (χ0v) is 9.88. The second-order valence-corrected chi connectivity index (χ2v) is 3.80. The lowest BCUT2D eigenvalue weighted by Gasteiger charge is -2.08. The van der Waals surface area contributed by atoms with E-state index in [-0.39, 0.29) is 0 Å². The first-order valence-corrected chi connectivity index (χ1v) is 5.37. The van der Waals surface area contributed by atoms with Crippen LogP contribution in [0.5, 0.6) is 5.75 Å². The molecule has 2 nitrogen and oxygen atoms in total. The van der Waals surface area contributed by atoms with Crippen molar-refractivity contribution in [3.05, 3.63) is 39.8 Å². The first-order valence-electron chi connectivity index (χ1n) is 4.14. The highest BCUT2D eigenvalue weighted by Crippen LogP contribution is 2.22. The van der Waals surface area contributed by atoms with Crippen LogP contribution < -0.4 is 10.5 Å². The van der Waals surface area contributed by atoms with Crippen molar-refractivity contribution in [1.29, 1.82) is 0 Å². The molecular weight excluding hydrogens is 265 g/mol. The van der Waals surface area contributed by atoms with Crippen LogP contribution in [-0.4, -0.2) is 6.61 Å². The number of halogens is 2. The number of benzene rings is 1. The molecule has 0 aliphatic rings. The Labute approximate surface area is 96.8 Å². The molecule has 0 heterocycles. The summed E-state index contributed by atoms with van der Waals surface area (Å²) in [4.78, 5) is 0. The maximum absolute atomic E-state index is 5.58. The van der Waals surface area contributed by atoms with E-state index in [0.717, 1.165) is 15.8 Å². The van der Waals surface area contributed by atoms with E-state index in [0.29, 0.717) is 13.2 Å². The lowest BCUT2D eigenvalue weighted by Crippen LogP contribution is -2.02. The highest BCUT2D eigenvalue weighted by molar-refractivity contribution is 9.10. The summed E-state index contributed by atoms with van der Waals surface area (Å²) < 4.78 is 6.45. The second kappa shape index (κ2) is 6.06. The number of ether oxygens (including phenoxy) is 1. The predicted molar refractivity (Wildman–Crippen MR) is 62.5 cm³/mol. The molecule has 0 fully saturated rings. The van der Waals surface area contributed by atoms with Gasteiger partial charge in [0.25, 0.3) is 0 Å². The third kappa shape index (κ3) is 3.33. The summed E-state index contributed by atoms with van der Waals surface area (Å²) in [5.74, 6) is 0.797. The largest absolute Gasteiger partial charge is 0.489 e. The molecule has 0 bridgehead atoms. The van der Waals surface area contributed by atoms with E-state index < -0.39 is 0 Å². The Kier molecular flexibility index (Phi) is 5.01. The fourth-order valence-electron chi connectivity index (χ4n) is 1.02. The monoisotopic (exact) mass is 275 g/mol. The van der Waals surface area contributed by atoms with Crippen LogP contribution in [0.15, 0.2) is 34.3 Å². The van der Waals surface area contributed by atoms with Crippen molar-refractivity contribution in [1.82, 2.24) is 0 Å². The van der Waals surface area contributed by atoms with E-state index in [1.807, 2.05) is 18.2 Å². The zero-order chi connectivity index (χ0) is 10.4. The van der Waals surface area contributed by atoms with Gasteiger partial charge in [-0.15, -0.1) is 0 Å². The lowest BCUT2D eigenvalue weighted by molar-refractivity contribution is 0.359. The average molecular weight is 277 g/mol. The second-order valence-electron chi connectivity index (χ2n) is 2.63. The van der Waals surface area contributed by atoms with E-state index in [9.17, 15) is 0 Å². The Morgan fingerprint density at radius 3 is 2.93 bits per heavy atom. The molecule has 0 aliphatic heterocycles. The molecule has 0 amide bonds. The fourth-order valence-corrected chi connectivity index (χ4v) is 1.50. The van der Waals surface area contributed by atoms with E-state index in [4.69, 9.17) is 22.1 Å². The van der Waals surface area contributed by atoms with Crippen LogP contribution in [0.2, 0.25) is 0 Å². The van der Waals surface area contributed by atoms with Crippen molar-refractivity contribution >= 4 is 27.5 Å². The highest BCUT2D eigenvalue weighted by Gasteiger charge is 2.01. The van der Waals surface area contributed by atoms with Crippen molar-refractivity contribution in [3.63, 3.8) is 0 Å². The molecule has 0 saturated carbocycles. The first-order chi connectivity index (χ1) is 6.77. The minimum absolute atomic E-state index is 0.456. The summed E-state index contributed by atoms with van der Waals surface area (Å²) in [5, 5.41) is 0. The van der Waals surface area contributed by atoms with Crippen LogP contribution in [0.4, 0.5) is 0 Å². The van der Waals surface area contributed by atoms with Crippen molar-refractivity contribution in [2.45, 2.75) is 6.54 Å². The maximum atomic E-state index is 5.58. The van der Waals surface area contributed by atoms with Gasteiger partial charge in [0.1, 0.15) is 12.4 Å². The lowest BCUT2D eigenvalue weighted by atomic mass is 10.2. The summed E-state index contributed by atoms with van der Waals surface area (Å²) in [7, 11) is 0. The first kappa shape index (κ1) is 11.6. The minimum Gasteiger partial charge on any atom is -0.489 e. The third-order valence-corrected chi connectivity index (χ3v) is 2.34. The molecule has 4 heteroatoms. The van der Waals surface area contributed by atoms with Gasteiger partial charge in [-0.3, -0.25) is 0 Å². The van der Waals surface area contributed by atoms with Gasteiger partial charge in [0.15, 0.2) is 0 Å². The molecule has 0 unspecified atom stereocenters. The molecule has 1 aromatic carbocycles. The quantitative estimate of drug-likeness (QED) is 0.917. The van der Waals surface area contributed by atoms with E-state index in [1.165, 1.54) is 5.54 Å². The zero-order valence-electron chi connectivity index (χ0n) is 7.54. The Morgan fingerprint density at radius 2 is 2.29 bits per heavy atom. The molecule has 14 heavy (non-hydrogen) atoms. The molecular formula is C10H11BrClNO. The summed E-state index contributed by atoms with van der Waals surface area (Å²) in [6.45, 7) is 0.914. The summed E-state index contributed by atoms with van der Waals surface area (Å²) in [6.07, 6.45) is 1.73. The molecule has 2 N–H and O–H groups in total. The average Bonchev–Trinajstić information content (AvgIpc) is 2.20. The van der Waals surface area contributed by atoms with Crippen LogP contribution in [0, 0.1) is 0 Å². The van der Waals surface area contributed by atoms with Gasteiger partial charge in [0, 0.05) is 22.1 Å². The molecule has 0 aliphatic carbocycles. The Balaban J connectivity index is 2.74. The van der Waals surface area contributed by atoms with Crippen molar-refractivity contribution in [2.24, 2.45) is 5.73 Å². The molecule has 0 aromatic heterocycles. The van der Waals surface area contributed by atoms with Crippen LogP contribution in [0.25, 0.3) is 0 Å². The number of nitrogens with two attached hydrogens (primary N) is 1. The minimum atomic E-state index is 0.456. The number of rotatable bonds is 4. The number of hydrogen-bond donors (Lipinski definition) is 1. The van der Waals surface area contributed by atoms with Gasteiger partial charge in [0.2, 0.25) is 0 Å². The molecule has 1 rings (SSSR count). The highest BCUT2D eigenvalue weighted by atomic mass is 79.9. The van der Waals surface area contributed by atoms with Gasteiger partial charge < -0.3 is 10.5 Å². The van der Waals surface area contributed by atoms with Gasteiger partial charge in [-0.2, -0.15) is 0 Å². The van der Waals surface area contributed by atoms with E-state index in [1.54, 1.807) is 6.08 Å². The van der Waals surface area contributed by atoms with Crippen LogP contribution in [0.1, 0.15) is 5.56 Å². The van der Waals surface area contributed by atoms with Crippen LogP contribution >= 0.6 is 27.5 Å². The number of hydrogen-bond acceptors (Lipinski definition) is 2.